The van der Waals surface area contributed by atoms with Gasteiger partial charge in [-0.25, -0.2) is 0 Å². The Kier molecular flexibility index (Phi) is 6.57. The second-order valence-electron chi connectivity index (χ2n) is 7.61. The molecule has 1 amide bonds. The van der Waals surface area contributed by atoms with E-state index in [9.17, 15) is 14.7 Å². The lowest BCUT2D eigenvalue weighted by atomic mass is 10.0. The Morgan fingerprint density at radius 3 is 2.50 bits per heavy atom. The molecule has 3 aromatic rings. The molecule has 3 rings (SSSR count). The molecule has 0 aliphatic rings. The number of methoxy groups -OCH3 is 1. The molecule has 0 saturated heterocycles. The zero-order valence-electron chi connectivity index (χ0n) is 17.9. The Hall–Kier alpha value is -3.12. The van der Waals surface area contributed by atoms with E-state index in [0.29, 0.717) is 5.56 Å². The standard InChI is InChI=1S/C24H28N2O4/c1-15-11-16(2)23-19(12-15)14-21(24(29)25-23)17(3)26(9-10-27)22(28)13-18-5-7-20(30-4)8-6-18/h5-8,11-12,14,17,27H,9-10,13H2,1-4H3,(H,25,29). The summed E-state index contributed by atoms with van der Waals surface area (Å²) in [6.45, 7) is 5.77. The van der Waals surface area contributed by atoms with Crippen LogP contribution in [-0.2, 0) is 11.2 Å². The van der Waals surface area contributed by atoms with Crippen LogP contribution in [0.2, 0.25) is 0 Å². The van der Waals surface area contributed by atoms with Crippen molar-refractivity contribution in [2.75, 3.05) is 20.3 Å². The van der Waals surface area contributed by atoms with Gasteiger partial charge in [0, 0.05) is 12.1 Å². The molecular weight excluding hydrogens is 380 g/mol. The fourth-order valence-electron chi connectivity index (χ4n) is 3.84. The summed E-state index contributed by atoms with van der Waals surface area (Å²) in [7, 11) is 1.59. The molecule has 0 fully saturated rings. The monoisotopic (exact) mass is 408 g/mol. The Morgan fingerprint density at radius 1 is 1.17 bits per heavy atom. The molecule has 158 valence electrons. The number of nitrogens with one attached hydrogen (secondary N) is 1. The number of amides is 1. The van der Waals surface area contributed by atoms with Crippen molar-refractivity contribution in [2.45, 2.75) is 33.2 Å². The van der Waals surface area contributed by atoms with Gasteiger partial charge in [0.05, 0.1) is 31.7 Å². The minimum Gasteiger partial charge on any atom is -0.497 e. The Morgan fingerprint density at radius 2 is 1.87 bits per heavy atom. The highest BCUT2D eigenvalue weighted by molar-refractivity contribution is 5.83. The normalized spacial score (nSPS) is 12.0. The minimum absolute atomic E-state index is 0.151. The number of carbonyl (C=O) groups is 1. The van der Waals surface area contributed by atoms with Crippen LogP contribution in [0.25, 0.3) is 10.9 Å². The van der Waals surface area contributed by atoms with Gasteiger partial charge in [0.1, 0.15) is 5.75 Å². The molecule has 2 N–H and O–H groups in total. The smallest absolute Gasteiger partial charge is 0.253 e. The molecular formula is C24H28N2O4. The number of hydrogen-bond donors (Lipinski definition) is 2. The molecule has 0 aliphatic heterocycles. The highest BCUT2D eigenvalue weighted by Gasteiger charge is 2.24. The van der Waals surface area contributed by atoms with Crippen LogP contribution in [0.4, 0.5) is 0 Å². The molecule has 0 spiro atoms. The third kappa shape index (κ3) is 4.54. The first kappa shape index (κ1) is 21.6. The fraction of sp³-hybridized carbons (Fsp3) is 0.333. The molecule has 0 radical (unpaired) electrons. The van der Waals surface area contributed by atoms with E-state index in [0.717, 1.165) is 33.3 Å². The van der Waals surface area contributed by atoms with Crippen molar-refractivity contribution < 1.29 is 14.6 Å². The van der Waals surface area contributed by atoms with Crippen molar-refractivity contribution in [3.8, 4) is 5.75 Å². The van der Waals surface area contributed by atoms with E-state index < -0.39 is 6.04 Å². The predicted molar refractivity (Wildman–Crippen MR) is 118 cm³/mol. The number of hydrogen-bond acceptors (Lipinski definition) is 4. The maximum absolute atomic E-state index is 13.0. The van der Waals surface area contributed by atoms with Gasteiger partial charge >= 0.3 is 0 Å². The van der Waals surface area contributed by atoms with Crippen molar-refractivity contribution in [1.82, 2.24) is 9.88 Å². The van der Waals surface area contributed by atoms with E-state index in [1.54, 1.807) is 24.1 Å². The summed E-state index contributed by atoms with van der Waals surface area (Å²) in [5.41, 5.74) is 4.04. The zero-order chi connectivity index (χ0) is 21.8. The molecule has 1 unspecified atom stereocenters. The summed E-state index contributed by atoms with van der Waals surface area (Å²) in [5.74, 6) is 0.571. The molecule has 0 bridgehead atoms. The van der Waals surface area contributed by atoms with Gasteiger partial charge in [-0.15, -0.1) is 0 Å². The number of fused-ring (bicyclic) bond motifs is 1. The third-order valence-corrected chi connectivity index (χ3v) is 5.42. The van der Waals surface area contributed by atoms with Crippen molar-refractivity contribution in [1.29, 1.82) is 0 Å². The molecule has 2 aromatic carbocycles. The van der Waals surface area contributed by atoms with Crippen molar-refractivity contribution in [2.24, 2.45) is 0 Å². The second-order valence-corrected chi connectivity index (χ2v) is 7.61. The number of aliphatic hydroxyl groups excluding tert-OH is 1. The first-order chi connectivity index (χ1) is 14.3. The Labute approximate surface area is 176 Å². The molecule has 6 heteroatoms. The van der Waals surface area contributed by atoms with Crippen LogP contribution in [0, 0.1) is 13.8 Å². The van der Waals surface area contributed by atoms with E-state index in [1.807, 2.05) is 51.1 Å². The lowest BCUT2D eigenvalue weighted by molar-refractivity contribution is -0.133. The molecule has 1 aromatic heterocycles. The van der Waals surface area contributed by atoms with Gasteiger partial charge in [-0.2, -0.15) is 0 Å². The van der Waals surface area contributed by atoms with E-state index in [4.69, 9.17) is 4.74 Å². The van der Waals surface area contributed by atoms with Crippen LogP contribution >= 0.6 is 0 Å². The van der Waals surface area contributed by atoms with Crippen LogP contribution in [0.1, 0.15) is 35.2 Å². The maximum Gasteiger partial charge on any atom is 0.253 e. The van der Waals surface area contributed by atoms with Crippen LogP contribution in [0.5, 0.6) is 5.75 Å². The molecule has 0 saturated carbocycles. The number of aryl methyl sites for hydroxylation is 2. The number of H-pyrrole nitrogens is 1. The summed E-state index contributed by atoms with van der Waals surface area (Å²) < 4.78 is 5.15. The van der Waals surface area contributed by atoms with Gasteiger partial charge < -0.3 is 19.7 Å². The van der Waals surface area contributed by atoms with Crippen LogP contribution in [0.15, 0.2) is 47.3 Å². The summed E-state index contributed by atoms with van der Waals surface area (Å²) >= 11 is 0. The average Bonchev–Trinajstić information content (AvgIpc) is 2.72. The molecule has 1 heterocycles. The minimum atomic E-state index is -0.475. The number of carbonyl (C=O) groups excluding carboxylic acids is 1. The number of rotatable bonds is 7. The van der Waals surface area contributed by atoms with Gasteiger partial charge in [0.25, 0.3) is 5.56 Å². The zero-order valence-corrected chi connectivity index (χ0v) is 17.9. The van der Waals surface area contributed by atoms with Gasteiger partial charge in [-0.05, 0) is 61.5 Å². The quantitative estimate of drug-likeness (QED) is 0.629. The number of aromatic amines is 1. The Bertz CT molecular complexity index is 1100. The summed E-state index contributed by atoms with van der Waals surface area (Å²) in [6, 6.07) is 12.7. The first-order valence-corrected chi connectivity index (χ1v) is 10.0. The van der Waals surface area contributed by atoms with E-state index in [1.165, 1.54) is 0 Å². The second kappa shape index (κ2) is 9.13. The number of nitrogens with zero attached hydrogens (tertiary/aromatic N) is 1. The summed E-state index contributed by atoms with van der Waals surface area (Å²) in [6.07, 6.45) is 0.179. The largest absolute Gasteiger partial charge is 0.497 e. The van der Waals surface area contributed by atoms with Crippen molar-refractivity contribution in [3.63, 3.8) is 0 Å². The number of aromatic nitrogens is 1. The van der Waals surface area contributed by atoms with Gasteiger partial charge in [-0.3, -0.25) is 9.59 Å². The van der Waals surface area contributed by atoms with Crippen molar-refractivity contribution in [3.05, 3.63) is 75.1 Å². The molecule has 6 nitrogen and oxygen atoms in total. The maximum atomic E-state index is 13.0. The average molecular weight is 408 g/mol. The lowest BCUT2D eigenvalue weighted by Gasteiger charge is -2.29. The van der Waals surface area contributed by atoms with Gasteiger partial charge in [0.15, 0.2) is 0 Å². The van der Waals surface area contributed by atoms with Crippen LogP contribution in [-0.4, -0.2) is 41.2 Å². The van der Waals surface area contributed by atoms with E-state index in [2.05, 4.69) is 4.98 Å². The molecule has 30 heavy (non-hydrogen) atoms. The van der Waals surface area contributed by atoms with Gasteiger partial charge in [0.2, 0.25) is 5.91 Å². The number of benzene rings is 2. The predicted octanol–water partition coefficient (Wildman–Crippen LogP) is 3.28. The Balaban J connectivity index is 1.92. The number of aliphatic hydroxyl groups is 1. The highest BCUT2D eigenvalue weighted by atomic mass is 16.5. The fourth-order valence-corrected chi connectivity index (χ4v) is 3.84. The van der Waals surface area contributed by atoms with E-state index >= 15 is 0 Å². The van der Waals surface area contributed by atoms with Gasteiger partial charge in [-0.1, -0.05) is 23.8 Å². The van der Waals surface area contributed by atoms with E-state index in [-0.39, 0.29) is 31.0 Å². The lowest BCUT2D eigenvalue weighted by Crippen LogP contribution is -2.38. The van der Waals surface area contributed by atoms with Crippen LogP contribution in [0.3, 0.4) is 0 Å². The molecule has 1 atom stereocenters. The SMILES string of the molecule is COc1ccc(CC(=O)N(CCO)C(C)c2cc3cc(C)cc(C)c3[nH]c2=O)cc1. The topological polar surface area (TPSA) is 82.6 Å². The third-order valence-electron chi connectivity index (χ3n) is 5.42. The first-order valence-electron chi connectivity index (χ1n) is 10.0. The number of pyridine rings is 1. The summed E-state index contributed by atoms with van der Waals surface area (Å²) in [4.78, 5) is 30.4. The summed E-state index contributed by atoms with van der Waals surface area (Å²) in [5, 5.41) is 10.5. The number of ether oxygens (including phenoxy) is 1. The molecule has 0 aliphatic carbocycles. The van der Waals surface area contributed by atoms with Crippen molar-refractivity contribution >= 4 is 16.8 Å². The van der Waals surface area contributed by atoms with Crippen LogP contribution < -0.4 is 10.3 Å². The highest BCUT2D eigenvalue weighted by Crippen LogP contribution is 2.24.